The molecule has 0 spiro atoms. The summed E-state index contributed by atoms with van der Waals surface area (Å²) in [6.07, 6.45) is 7.14. The lowest BCUT2D eigenvalue weighted by molar-refractivity contribution is 0.416. The molecule has 0 amide bonds. The van der Waals surface area contributed by atoms with Crippen LogP contribution >= 0.6 is 11.3 Å². The van der Waals surface area contributed by atoms with E-state index in [0.717, 1.165) is 40.5 Å². The second-order valence-corrected chi connectivity index (χ2v) is 8.29. The van der Waals surface area contributed by atoms with Gasteiger partial charge in [0.05, 0.1) is 19.0 Å². The molecule has 1 atom stereocenters. The van der Waals surface area contributed by atoms with Crippen molar-refractivity contribution in [1.29, 1.82) is 0 Å². The van der Waals surface area contributed by atoms with Gasteiger partial charge in [0.15, 0.2) is 5.13 Å². The molecule has 1 aliphatic carbocycles. The SMILES string of the molecule is COc1cc(Nc2nc3c(s2)CCCC3c2ccccc2)ccc1-c1cn[nH]c1. The zero-order valence-electron chi connectivity index (χ0n) is 16.2. The summed E-state index contributed by atoms with van der Waals surface area (Å²) in [7, 11) is 1.69. The average molecular weight is 403 g/mol. The molecule has 0 fully saturated rings. The van der Waals surface area contributed by atoms with E-state index in [1.54, 1.807) is 24.6 Å². The zero-order valence-corrected chi connectivity index (χ0v) is 17.0. The number of aromatic nitrogens is 3. The van der Waals surface area contributed by atoms with E-state index >= 15 is 0 Å². The van der Waals surface area contributed by atoms with E-state index < -0.39 is 0 Å². The summed E-state index contributed by atoms with van der Waals surface area (Å²) >= 11 is 1.77. The topological polar surface area (TPSA) is 62.8 Å². The van der Waals surface area contributed by atoms with E-state index in [4.69, 9.17) is 9.72 Å². The second kappa shape index (κ2) is 7.72. The Morgan fingerprint density at radius 2 is 2.07 bits per heavy atom. The van der Waals surface area contributed by atoms with E-state index in [1.807, 2.05) is 18.3 Å². The lowest BCUT2D eigenvalue weighted by atomic mass is 9.85. The molecule has 0 bridgehead atoms. The van der Waals surface area contributed by atoms with Crippen LogP contribution in [0.1, 0.15) is 34.9 Å². The molecule has 2 heterocycles. The molecule has 5 rings (SSSR count). The van der Waals surface area contributed by atoms with Gasteiger partial charge in [-0.15, -0.1) is 11.3 Å². The zero-order chi connectivity index (χ0) is 19.6. The Kier molecular flexibility index (Phi) is 4.77. The molecule has 0 saturated heterocycles. The van der Waals surface area contributed by atoms with Crippen LogP contribution in [0.2, 0.25) is 0 Å². The van der Waals surface area contributed by atoms with Crippen molar-refractivity contribution < 1.29 is 4.74 Å². The molecular weight excluding hydrogens is 380 g/mol. The van der Waals surface area contributed by atoms with Crippen LogP contribution in [0.4, 0.5) is 10.8 Å². The number of hydrogen-bond donors (Lipinski definition) is 2. The number of benzene rings is 2. The fraction of sp³-hybridized carbons (Fsp3) is 0.217. The van der Waals surface area contributed by atoms with Crippen molar-refractivity contribution in [3.8, 4) is 16.9 Å². The number of thiazole rings is 1. The number of aryl methyl sites for hydroxylation is 1. The Hall–Kier alpha value is -3.12. The van der Waals surface area contributed by atoms with Crippen LogP contribution < -0.4 is 10.1 Å². The van der Waals surface area contributed by atoms with Crippen molar-refractivity contribution in [2.75, 3.05) is 12.4 Å². The molecule has 2 aromatic carbocycles. The van der Waals surface area contributed by atoms with E-state index in [1.165, 1.54) is 22.6 Å². The average Bonchev–Trinajstić information content (AvgIpc) is 3.43. The van der Waals surface area contributed by atoms with E-state index in [-0.39, 0.29) is 0 Å². The highest BCUT2D eigenvalue weighted by Gasteiger charge is 2.26. The van der Waals surface area contributed by atoms with Crippen LogP contribution in [0.3, 0.4) is 0 Å². The van der Waals surface area contributed by atoms with Gasteiger partial charge in [-0.05, 0) is 37.0 Å². The summed E-state index contributed by atoms with van der Waals surface area (Å²) in [4.78, 5) is 6.38. The predicted molar refractivity (Wildman–Crippen MR) is 117 cm³/mol. The highest BCUT2D eigenvalue weighted by Crippen LogP contribution is 2.41. The minimum absolute atomic E-state index is 0.393. The van der Waals surface area contributed by atoms with Crippen LogP contribution in [-0.4, -0.2) is 22.3 Å². The maximum atomic E-state index is 5.60. The number of H-pyrrole nitrogens is 1. The maximum absolute atomic E-state index is 5.60. The number of rotatable bonds is 5. The van der Waals surface area contributed by atoms with Crippen LogP contribution in [0.25, 0.3) is 11.1 Å². The number of aromatic amines is 1. The number of nitrogens with one attached hydrogen (secondary N) is 2. The number of ether oxygens (including phenoxy) is 1. The summed E-state index contributed by atoms with van der Waals surface area (Å²) in [5.41, 5.74) is 5.57. The quantitative estimate of drug-likeness (QED) is 0.446. The first-order valence-electron chi connectivity index (χ1n) is 9.80. The fourth-order valence-electron chi connectivity index (χ4n) is 4.01. The molecule has 2 N–H and O–H groups in total. The molecule has 5 nitrogen and oxygen atoms in total. The van der Waals surface area contributed by atoms with Crippen molar-refractivity contribution in [2.45, 2.75) is 25.2 Å². The highest BCUT2D eigenvalue weighted by atomic mass is 32.1. The third-order valence-electron chi connectivity index (χ3n) is 5.42. The molecule has 1 aliphatic rings. The smallest absolute Gasteiger partial charge is 0.187 e. The van der Waals surface area contributed by atoms with Crippen molar-refractivity contribution in [3.63, 3.8) is 0 Å². The van der Waals surface area contributed by atoms with Gasteiger partial charge in [0.2, 0.25) is 0 Å². The Labute approximate surface area is 173 Å². The molecule has 1 unspecified atom stereocenters. The van der Waals surface area contributed by atoms with Gasteiger partial charge in [-0.1, -0.05) is 30.3 Å². The molecule has 0 saturated carbocycles. The van der Waals surface area contributed by atoms with Crippen molar-refractivity contribution in [3.05, 3.63) is 77.1 Å². The second-order valence-electron chi connectivity index (χ2n) is 7.21. The third-order valence-corrected chi connectivity index (χ3v) is 6.46. The number of nitrogens with zero attached hydrogens (tertiary/aromatic N) is 2. The molecular formula is C23H22N4OS. The van der Waals surface area contributed by atoms with E-state index in [0.29, 0.717) is 5.92 Å². The first-order valence-corrected chi connectivity index (χ1v) is 10.6. The number of anilines is 2. The van der Waals surface area contributed by atoms with Crippen LogP contribution in [0.15, 0.2) is 60.9 Å². The van der Waals surface area contributed by atoms with Gasteiger partial charge in [-0.2, -0.15) is 5.10 Å². The summed E-state index contributed by atoms with van der Waals surface area (Å²) in [6, 6.07) is 16.8. The lowest BCUT2D eigenvalue weighted by Crippen LogP contribution is -2.09. The largest absolute Gasteiger partial charge is 0.496 e. The molecule has 0 aliphatic heterocycles. The van der Waals surface area contributed by atoms with Crippen molar-refractivity contribution in [1.82, 2.24) is 15.2 Å². The monoisotopic (exact) mass is 402 g/mol. The van der Waals surface area contributed by atoms with Gasteiger partial charge >= 0.3 is 0 Å². The maximum Gasteiger partial charge on any atom is 0.187 e. The Balaban J connectivity index is 1.43. The summed E-state index contributed by atoms with van der Waals surface area (Å²) < 4.78 is 5.60. The number of hydrogen-bond acceptors (Lipinski definition) is 5. The summed E-state index contributed by atoms with van der Waals surface area (Å²) in [5.74, 6) is 1.20. The molecule has 146 valence electrons. The normalized spacial score (nSPS) is 15.7. The van der Waals surface area contributed by atoms with E-state index in [9.17, 15) is 0 Å². The van der Waals surface area contributed by atoms with Crippen LogP contribution in [0, 0.1) is 0 Å². The Bertz CT molecular complexity index is 1110. The highest BCUT2D eigenvalue weighted by molar-refractivity contribution is 7.15. The Morgan fingerprint density at radius 3 is 2.86 bits per heavy atom. The lowest BCUT2D eigenvalue weighted by Gasteiger charge is -2.21. The van der Waals surface area contributed by atoms with Crippen LogP contribution in [0.5, 0.6) is 5.75 Å². The first-order chi connectivity index (χ1) is 14.3. The van der Waals surface area contributed by atoms with Gasteiger partial charge in [-0.25, -0.2) is 4.98 Å². The minimum atomic E-state index is 0.393. The van der Waals surface area contributed by atoms with Gasteiger partial charge in [0.1, 0.15) is 5.75 Å². The molecule has 6 heteroatoms. The molecule has 29 heavy (non-hydrogen) atoms. The minimum Gasteiger partial charge on any atom is -0.496 e. The van der Waals surface area contributed by atoms with Crippen molar-refractivity contribution >= 4 is 22.2 Å². The number of methoxy groups -OCH3 is 1. The molecule has 4 aromatic rings. The standard InChI is InChI=1S/C23H22N4OS/c1-28-20-12-17(10-11-18(20)16-13-24-25-14-16)26-23-27-22-19(8-5-9-21(22)29-23)15-6-3-2-4-7-15/h2-4,6-7,10-14,19H,5,8-9H2,1H3,(H,24,25)(H,26,27). The molecule has 0 radical (unpaired) electrons. The summed E-state index contributed by atoms with van der Waals surface area (Å²) in [5, 5.41) is 11.3. The third kappa shape index (κ3) is 3.51. The van der Waals surface area contributed by atoms with Gasteiger partial charge < -0.3 is 10.1 Å². The van der Waals surface area contributed by atoms with Gasteiger partial charge in [0, 0.05) is 39.9 Å². The van der Waals surface area contributed by atoms with E-state index in [2.05, 4.69) is 51.9 Å². The van der Waals surface area contributed by atoms with Gasteiger partial charge in [-0.3, -0.25) is 5.10 Å². The van der Waals surface area contributed by atoms with Crippen molar-refractivity contribution in [2.24, 2.45) is 0 Å². The van der Waals surface area contributed by atoms with Gasteiger partial charge in [0.25, 0.3) is 0 Å². The van der Waals surface area contributed by atoms with Crippen LogP contribution in [-0.2, 0) is 6.42 Å². The molecule has 2 aromatic heterocycles. The Morgan fingerprint density at radius 1 is 1.17 bits per heavy atom. The first kappa shape index (κ1) is 17.9. The number of fused-ring (bicyclic) bond motifs is 1. The summed E-state index contributed by atoms with van der Waals surface area (Å²) in [6.45, 7) is 0. The fourth-order valence-corrected chi connectivity index (χ4v) is 5.10. The predicted octanol–water partition coefficient (Wildman–Crippen LogP) is 5.75.